The fraction of sp³-hybridized carbons (Fsp3) is 0.474. The fourth-order valence-electron chi connectivity index (χ4n) is 3.13. The maximum atomic E-state index is 12.7. The summed E-state index contributed by atoms with van der Waals surface area (Å²) in [6.45, 7) is 8.29. The first-order chi connectivity index (χ1) is 11.9. The molecule has 6 heteroatoms. The molecule has 0 bridgehead atoms. The molecule has 25 heavy (non-hydrogen) atoms. The van der Waals surface area contributed by atoms with Gasteiger partial charge in [-0.25, -0.2) is 0 Å². The zero-order valence-corrected chi connectivity index (χ0v) is 15.0. The van der Waals surface area contributed by atoms with Crippen molar-refractivity contribution in [2.24, 2.45) is 11.1 Å². The average Bonchev–Trinajstić information content (AvgIpc) is 3.16. The van der Waals surface area contributed by atoms with Gasteiger partial charge in [0, 0.05) is 18.7 Å². The van der Waals surface area contributed by atoms with E-state index in [-0.39, 0.29) is 11.3 Å². The van der Waals surface area contributed by atoms with Crippen molar-refractivity contribution in [2.45, 2.75) is 33.8 Å². The highest BCUT2D eigenvalue weighted by molar-refractivity contribution is 5.94. The Morgan fingerprint density at radius 3 is 2.88 bits per heavy atom. The largest absolute Gasteiger partial charge is 0.489 e. The molecule has 1 aliphatic heterocycles. The number of likely N-dealkylation sites (tertiary alicyclic amines) is 1. The minimum atomic E-state index is 0.0209. The number of hydrogen-bond acceptors (Lipinski definition) is 5. The van der Waals surface area contributed by atoms with E-state index in [2.05, 4.69) is 12.1 Å². The summed E-state index contributed by atoms with van der Waals surface area (Å²) in [6, 6.07) is 7.30. The lowest BCUT2D eigenvalue weighted by molar-refractivity contribution is 0.0776. The van der Waals surface area contributed by atoms with E-state index < -0.39 is 0 Å². The molecule has 6 nitrogen and oxygen atoms in total. The molecule has 1 aromatic heterocycles. The van der Waals surface area contributed by atoms with Gasteiger partial charge in [0.05, 0.1) is 11.3 Å². The normalized spacial score (nSPS) is 20.1. The maximum Gasteiger partial charge on any atom is 0.254 e. The lowest BCUT2D eigenvalue weighted by Gasteiger charge is -2.22. The number of benzene rings is 1. The highest BCUT2D eigenvalue weighted by atomic mass is 16.5. The summed E-state index contributed by atoms with van der Waals surface area (Å²) in [4.78, 5) is 14.6. The highest BCUT2D eigenvalue weighted by Gasteiger charge is 2.35. The second kappa shape index (κ2) is 6.88. The van der Waals surface area contributed by atoms with Crippen LogP contribution in [0, 0.1) is 19.3 Å². The van der Waals surface area contributed by atoms with Crippen LogP contribution >= 0.6 is 0 Å². The standard InChI is InChI=1S/C19H25N3O3/c1-13-17(14(2)25-21-13)10-24-16-6-4-5-15(9-16)18(23)22-8-7-19(3,11-20)12-22/h4-6,9H,7-8,10-12,20H2,1-3H3. The smallest absolute Gasteiger partial charge is 0.254 e. The van der Waals surface area contributed by atoms with E-state index in [0.29, 0.717) is 31.0 Å². The maximum absolute atomic E-state index is 12.7. The summed E-state index contributed by atoms with van der Waals surface area (Å²) in [6.07, 6.45) is 0.942. The lowest BCUT2D eigenvalue weighted by atomic mass is 9.90. The molecule has 0 spiro atoms. The topological polar surface area (TPSA) is 81.6 Å². The van der Waals surface area contributed by atoms with Crippen LogP contribution in [0.2, 0.25) is 0 Å². The first-order valence-electron chi connectivity index (χ1n) is 8.56. The molecule has 2 N–H and O–H groups in total. The summed E-state index contributed by atoms with van der Waals surface area (Å²) in [5.41, 5.74) is 8.25. The second-order valence-corrected chi connectivity index (χ2v) is 7.11. The van der Waals surface area contributed by atoms with Crippen molar-refractivity contribution in [1.82, 2.24) is 10.1 Å². The van der Waals surface area contributed by atoms with Gasteiger partial charge in [0.1, 0.15) is 18.1 Å². The van der Waals surface area contributed by atoms with Crippen LogP contribution in [-0.2, 0) is 6.61 Å². The van der Waals surface area contributed by atoms with Crippen molar-refractivity contribution in [3.05, 3.63) is 46.8 Å². The second-order valence-electron chi connectivity index (χ2n) is 7.11. The summed E-state index contributed by atoms with van der Waals surface area (Å²) >= 11 is 0. The van der Waals surface area contributed by atoms with Gasteiger partial charge in [-0.3, -0.25) is 4.79 Å². The van der Waals surface area contributed by atoms with Crippen molar-refractivity contribution < 1.29 is 14.1 Å². The van der Waals surface area contributed by atoms with E-state index in [1.165, 1.54) is 0 Å². The van der Waals surface area contributed by atoms with Gasteiger partial charge in [-0.05, 0) is 50.4 Å². The number of nitrogens with zero attached hydrogens (tertiary/aromatic N) is 2. The van der Waals surface area contributed by atoms with Crippen LogP contribution in [0.3, 0.4) is 0 Å². The molecule has 0 saturated carbocycles. The molecular formula is C19H25N3O3. The van der Waals surface area contributed by atoms with E-state index in [1.54, 1.807) is 6.07 Å². The minimum Gasteiger partial charge on any atom is -0.489 e. The molecule has 1 aliphatic rings. The van der Waals surface area contributed by atoms with Gasteiger partial charge in [0.2, 0.25) is 0 Å². The molecule has 1 amide bonds. The highest BCUT2D eigenvalue weighted by Crippen LogP contribution is 2.30. The van der Waals surface area contributed by atoms with Gasteiger partial charge in [0.15, 0.2) is 0 Å². The molecular weight excluding hydrogens is 318 g/mol. The minimum absolute atomic E-state index is 0.0209. The van der Waals surface area contributed by atoms with Crippen LogP contribution in [0.1, 0.15) is 40.7 Å². The Kier molecular flexibility index (Phi) is 4.81. The summed E-state index contributed by atoms with van der Waals surface area (Å²) in [5.74, 6) is 1.44. The lowest BCUT2D eigenvalue weighted by Crippen LogP contribution is -2.34. The van der Waals surface area contributed by atoms with Crippen molar-refractivity contribution >= 4 is 5.91 Å². The van der Waals surface area contributed by atoms with Gasteiger partial charge < -0.3 is 19.9 Å². The number of rotatable bonds is 5. The first kappa shape index (κ1) is 17.5. The average molecular weight is 343 g/mol. The Bertz CT molecular complexity index is 752. The molecule has 2 aromatic rings. The number of aryl methyl sites for hydroxylation is 2. The van der Waals surface area contributed by atoms with Crippen LogP contribution in [0.25, 0.3) is 0 Å². The van der Waals surface area contributed by atoms with E-state index in [9.17, 15) is 4.79 Å². The predicted octanol–water partition coefficient (Wildman–Crippen LogP) is 2.68. The number of amides is 1. The van der Waals surface area contributed by atoms with Gasteiger partial charge in [-0.15, -0.1) is 0 Å². The Morgan fingerprint density at radius 1 is 1.44 bits per heavy atom. The van der Waals surface area contributed by atoms with Crippen LogP contribution in [0.4, 0.5) is 0 Å². The zero-order chi connectivity index (χ0) is 18.0. The van der Waals surface area contributed by atoms with Crippen molar-refractivity contribution in [3.8, 4) is 5.75 Å². The van der Waals surface area contributed by atoms with E-state index in [0.717, 1.165) is 30.0 Å². The van der Waals surface area contributed by atoms with Crippen LogP contribution in [0.15, 0.2) is 28.8 Å². The Labute approximate surface area is 147 Å². The molecule has 3 rings (SSSR count). The Hall–Kier alpha value is -2.34. The number of aromatic nitrogens is 1. The molecule has 1 aromatic carbocycles. The number of carbonyl (C=O) groups excluding carboxylic acids is 1. The molecule has 1 atom stereocenters. The van der Waals surface area contributed by atoms with Crippen LogP contribution < -0.4 is 10.5 Å². The van der Waals surface area contributed by atoms with Gasteiger partial charge in [-0.1, -0.05) is 18.1 Å². The summed E-state index contributed by atoms with van der Waals surface area (Å²) < 4.78 is 11.0. The van der Waals surface area contributed by atoms with E-state index in [4.69, 9.17) is 15.0 Å². The SMILES string of the molecule is Cc1noc(C)c1COc1cccc(C(=O)N2CCC(C)(CN)C2)c1. The van der Waals surface area contributed by atoms with Gasteiger partial charge >= 0.3 is 0 Å². The summed E-state index contributed by atoms with van der Waals surface area (Å²) in [5, 5.41) is 3.92. The molecule has 0 radical (unpaired) electrons. The number of ether oxygens (including phenoxy) is 1. The molecule has 2 heterocycles. The Balaban J connectivity index is 1.68. The van der Waals surface area contributed by atoms with Crippen LogP contribution in [-0.4, -0.2) is 35.6 Å². The zero-order valence-electron chi connectivity index (χ0n) is 15.0. The Morgan fingerprint density at radius 2 is 2.24 bits per heavy atom. The molecule has 1 saturated heterocycles. The number of carbonyl (C=O) groups is 1. The van der Waals surface area contributed by atoms with E-state index >= 15 is 0 Å². The third kappa shape index (κ3) is 3.69. The van der Waals surface area contributed by atoms with Crippen molar-refractivity contribution in [1.29, 1.82) is 0 Å². The molecule has 134 valence electrons. The monoisotopic (exact) mass is 343 g/mol. The first-order valence-corrected chi connectivity index (χ1v) is 8.56. The third-order valence-electron chi connectivity index (χ3n) is 4.98. The van der Waals surface area contributed by atoms with Gasteiger partial charge in [-0.2, -0.15) is 0 Å². The van der Waals surface area contributed by atoms with Crippen LogP contribution in [0.5, 0.6) is 5.75 Å². The number of hydrogen-bond donors (Lipinski definition) is 1. The molecule has 1 unspecified atom stereocenters. The molecule has 1 fully saturated rings. The predicted molar refractivity (Wildman–Crippen MR) is 94.4 cm³/mol. The molecule has 0 aliphatic carbocycles. The fourth-order valence-corrected chi connectivity index (χ4v) is 3.13. The van der Waals surface area contributed by atoms with Crippen molar-refractivity contribution in [2.75, 3.05) is 19.6 Å². The van der Waals surface area contributed by atoms with E-state index in [1.807, 2.05) is 36.9 Å². The van der Waals surface area contributed by atoms with Gasteiger partial charge in [0.25, 0.3) is 5.91 Å². The summed E-state index contributed by atoms with van der Waals surface area (Å²) in [7, 11) is 0. The number of nitrogens with two attached hydrogens (primary N) is 1. The van der Waals surface area contributed by atoms with Crippen molar-refractivity contribution in [3.63, 3.8) is 0 Å². The quantitative estimate of drug-likeness (QED) is 0.902. The third-order valence-corrected chi connectivity index (χ3v) is 4.98.